The van der Waals surface area contributed by atoms with Crippen molar-refractivity contribution >= 4 is 10.8 Å². The van der Waals surface area contributed by atoms with Gasteiger partial charge in [0.25, 0.3) is 0 Å². The van der Waals surface area contributed by atoms with Crippen molar-refractivity contribution in [3.05, 3.63) is 44.5 Å². The lowest BCUT2D eigenvalue weighted by Crippen LogP contribution is -2.07. The molecule has 0 aliphatic rings. The standard InChI is InChI=1S/C20H10N6/c1-10(2)18-15(7-24)16(8-25)19-13(5-22)11(3)12(4-21)14(6-23)20(19)17(18)9-26/h10H,1-3H3. The summed E-state index contributed by atoms with van der Waals surface area (Å²) in [5.74, 6) is -0.278. The smallest absolute Gasteiger partial charge is 0.101 e. The average molecular weight is 334 g/mol. The van der Waals surface area contributed by atoms with Gasteiger partial charge in [-0.2, -0.15) is 31.6 Å². The highest BCUT2D eigenvalue weighted by Gasteiger charge is 2.28. The third-order valence-electron chi connectivity index (χ3n) is 4.29. The summed E-state index contributed by atoms with van der Waals surface area (Å²) >= 11 is 0. The van der Waals surface area contributed by atoms with Crippen LogP contribution in [-0.2, 0) is 0 Å². The fourth-order valence-corrected chi connectivity index (χ4v) is 3.21. The molecule has 0 aromatic heterocycles. The average Bonchev–Trinajstić information content (AvgIpc) is 2.64. The van der Waals surface area contributed by atoms with Crippen LogP contribution in [0.15, 0.2) is 0 Å². The van der Waals surface area contributed by atoms with E-state index in [-0.39, 0.29) is 55.6 Å². The van der Waals surface area contributed by atoms with Crippen LogP contribution in [0.25, 0.3) is 10.8 Å². The molecular formula is C20H10N6. The predicted octanol–water partition coefficient (Wildman–Crippen LogP) is 3.50. The van der Waals surface area contributed by atoms with Crippen molar-refractivity contribution in [1.82, 2.24) is 0 Å². The van der Waals surface area contributed by atoms with E-state index in [0.29, 0.717) is 5.56 Å². The van der Waals surface area contributed by atoms with Crippen LogP contribution in [-0.4, -0.2) is 0 Å². The SMILES string of the molecule is Cc1c(C#N)c(C#N)c2c(C#N)c(C(C)C)c(C#N)c(C#N)c2c1C#N. The first-order valence-corrected chi connectivity index (χ1v) is 7.54. The molecule has 6 nitrogen and oxygen atoms in total. The predicted molar refractivity (Wildman–Crippen MR) is 91.1 cm³/mol. The van der Waals surface area contributed by atoms with E-state index in [1.54, 1.807) is 13.8 Å². The molecule has 0 bridgehead atoms. The van der Waals surface area contributed by atoms with Gasteiger partial charge < -0.3 is 0 Å². The minimum absolute atomic E-state index is 0.00338. The highest BCUT2D eigenvalue weighted by Crippen LogP contribution is 2.39. The molecule has 0 unspecified atom stereocenters. The van der Waals surface area contributed by atoms with E-state index in [1.165, 1.54) is 6.92 Å². The molecule has 2 rings (SSSR count). The van der Waals surface area contributed by atoms with Crippen molar-refractivity contribution in [1.29, 1.82) is 31.6 Å². The molecule has 0 radical (unpaired) electrons. The molecule has 0 heterocycles. The molecule has 0 aliphatic heterocycles. The van der Waals surface area contributed by atoms with E-state index in [2.05, 4.69) is 0 Å². The highest BCUT2D eigenvalue weighted by atomic mass is 14.4. The molecule has 2 aromatic rings. The summed E-state index contributed by atoms with van der Waals surface area (Å²) < 4.78 is 0. The van der Waals surface area contributed by atoms with E-state index >= 15 is 0 Å². The second kappa shape index (κ2) is 6.63. The van der Waals surface area contributed by atoms with Crippen molar-refractivity contribution in [2.75, 3.05) is 0 Å². The molecule has 0 aliphatic carbocycles. The van der Waals surface area contributed by atoms with Gasteiger partial charge in [0.2, 0.25) is 0 Å². The van der Waals surface area contributed by atoms with Gasteiger partial charge in [0.15, 0.2) is 0 Å². The quantitative estimate of drug-likeness (QED) is 0.780. The lowest BCUT2D eigenvalue weighted by Gasteiger charge is -2.18. The van der Waals surface area contributed by atoms with Gasteiger partial charge in [-0.05, 0) is 24.0 Å². The summed E-state index contributed by atoms with van der Waals surface area (Å²) in [7, 11) is 0. The molecule has 0 N–H and O–H groups in total. The number of benzene rings is 2. The number of hydrogen-bond donors (Lipinski definition) is 0. The van der Waals surface area contributed by atoms with Crippen LogP contribution >= 0.6 is 0 Å². The van der Waals surface area contributed by atoms with E-state index in [4.69, 9.17) is 0 Å². The number of fused-ring (bicyclic) bond motifs is 1. The molecule has 0 spiro atoms. The van der Waals surface area contributed by atoms with Crippen LogP contribution in [0.5, 0.6) is 0 Å². The Kier molecular flexibility index (Phi) is 4.59. The van der Waals surface area contributed by atoms with E-state index in [1.807, 2.05) is 36.4 Å². The Hall–Kier alpha value is -4.36. The van der Waals surface area contributed by atoms with E-state index in [0.717, 1.165) is 0 Å². The van der Waals surface area contributed by atoms with Crippen molar-refractivity contribution in [2.45, 2.75) is 26.7 Å². The zero-order valence-electron chi connectivity index (χ0n) is 14.3. The Bertz CT molecular complexity index is 1220. The molecule has 0 fully saturated rings. The normalized spacial score (nSPS) is 9.46. The van der Waals surface area contributed by atoms with E-state index in [9.17, 15) is 31.6 Å². The summed E-state index contributed by atoms with van der Waals surface area (Å²) in [4.78, 5) is 0. The van der Waals surface area contributed by atoms with Crippen LogP contribution < -0.4 is 0 Å². The van der Waals surface area contributed by atoms with Crippen molar-refractivity contribution in [3.63, 3.8) is 0 Å². The number of rotatable bonds is 1. The van der Waals surface area contributed by atoms with Crippen LogP contribution in [0.1, 0.15) is 64.3 Å². The van der Waals surface area contributed by atoms with Crippen LogP contribution in [0.2, 0.25) is 0 Å². The van der Waals surface area contributed by atoms with Gasteiger partial charge in [-0.25, -0.2) is 0 Å². The highest BCUT2D eigenvalue weighted by molar-refractivity contribution is 6.04. The first-order valence-electron chi connectivity index (χ1n) is 7.54. The summed E-state index contributed by atoms with van der Waals surface area (Å²) in [6.45, 7) is 5.04. The van der Waals surface area contributed by atoms with Gasteiger partial charge in [0.1, 0.15) is 36.4 Å². The number of nitrogens with zero attached hydrogens (tertiary/aromatic N) is 6. The Morgan fingerprint density at radius 3 is 1.31 bits per heavy atom. The third-order valence-corrected chi connectivity index (χ3v) is 4.29. The summed E-state index contributed by atoms with van der Waals surface area (Å²) in [5, 5.41) is 57.9. The van der Waals surface area contributed by atoms with Gasteiger partial charge in [0, 0.05) is 10.8 Å². The molecular weight excluding hydrogens is 324 g/mol. The fourth-order valence-electron chi connectivity index (χ4n) is 3.21. The second-order valence-corrected chi connectivity index (χ2v) is 5.86. The van der Waals surface area contributed by atoms with Crippen molar-refractivity contribution in [2.24, 2.45) is 0 Å². The Labute approximate surface area is 150 Å². The van der Waals surface area contributed by atoms with Crippen molar-refractivity contribution in [3.8, 4) is 36.4 Å². The zero-order valence-corrected chi connectivity index (χ0v) is 14.3. The topological polar surface area (TPSA) is 143 Å². The Balaban J connectivity index is 3.55. The molecule has 0 amide bonds. The second-order valence-electron chi connectivity index (χ2n) is 5.86. The minimum atomic E-state index is -0.278. The lowest BCUT2D eigenvalue weighted by molar-refractivity contribution is 0.860. The van der Waals surface area contributed by atoms with Gasteiger partial charge in [0.05, 0.1) is 33.4 Å². The van der Waals surface area contributed by atoms with Gasteiger partial charge in [-0.1, -0.05) is 13.8 Å². The summed E-state index contributed by atoms with van der Waals surface area (Å²) in [6, 6.07) is 11.7. The maximum absolute atomic E-state index is 9.75. The first kappa shape index (κ1) is 18.0. The Morgan fingerprint density at radius 2 is 0.923 bits per heavy atom. The van der Waals surface area contributed by atoms with Gasteiger partial charge in [-0.3, -0.25) is 0 Å². The van der Waals surface area contributed by atoms with Gasteiger partial charge >= 0.3 is 0 Å². The molecule has 2 aromatic carbocycles. The third kappa shape index (κ3) is 2.20. The fraction of sp³-hybridized carbons (Fsp3) is 0.200. The summed E-state index contributed by atoms with van der Waals surface area (Å²) in [5.41, 5.74) is 0.579. The monoisotopic (exact) mass is 334 g/mol. The van der Waals surface area contributed by atoms with Gasteiger partial charge in [-0.15, -0.1) is 0 Å². The molecule has 120 valence electrons. The molecule has 6 heteroatoms. The van der Waals surface area contributed by atoms with Crippen LogP contribution in [0, 0.1) is 74.9 Å². The number of hydrogen-bond acceptors (Lipinski definition) is 6. The molecule has 0 saturated heterocycles. The van der Waals surface area contributed by atoms with Crippen LogP contribution in [0.3, 0.4) is 0 Å². The minimum Gasteiger partial charge on any atom is -0.192 e. The first-order chi connectivity index (χ1) is 12.4. The van der Waals surface area contributed by atoms with E-state index < -0.39 is 0 Å². The number of nitriles is 6. The zero-order chi connectivity index (χ0) is 19.6. The maximum Gasteiger partial charge on any atom is 0.101 e. The molecule has 0 saturated carbocycles. The van der Waals surface area contributed by atoms with Crippen molar-refractivity contribution < 1.29 is 0 Å². The summed E-state index contributed by atoms with van der Waals surface area (Å²) in [6.07, 6.45) is 0. The largest absolute Gasteiger partial charge is 0.192 e. The molecule has 0 atom stereocenters. The maximum atomic E-state index is 9.75. The Morgan fingerprint density at radius 1 is 0.538 bits per heavy atom. The molecule has 26 heavy (non-hydrogen) atoms. The van der Waals surface area contributed by atoms with Crippen LogP contribution in [0.4, 0.5) is 0 Å². The lowest BCUT2D eigenvalue weighted by atomic mass is 9.80.